The number of hydrogen-bond donors (Lipinski definition) is 0. The van der Waals surface area contributed by atoms with E-state index in [-0.39, 0.29) is 16.6 Å². The van der Waals surface area contributed by atoms with Gasteiger partial charge in [-0.15, -0.1) is 0 Å². The lowest BCUT2D eigenvalue weighted by molar-refractivity contribution is 0.123. The number of hydrogen-bond acceptors (Lipinski definition) is 2. The summed E-state index contributed by atoms with van der Waals surface area (Å²) >= 11 is 0. The molecule has 0 saturated carbocycles. The van der Waals surface area contributed by atoms with Crippen LogP contribution >= 0.6 is 0 Å². The summed E-state index contributed by atoms with van der Waals surface area (Å²) < 4.78 is 31.3. The van der Waals surface area contributed by atoms with Crippen LogP contribution in [-0.4, -0.2) is 20.4 Å². The molecule has 14 heavy (non-hydrogen) atoms. The zero-order chi connectivity index (χ0) is 12.7. The second-order valence-electron chi connectivity index (χ2n) is 6.05. The Labute approximate surface area is 90.4 Å². The number of rotatable bonds is 2. The predicted octanol–water partition coefficient (Wildman–Crippen LogP) is 2.74. The standard InChI is InChI=1S/C11H24O2S/c1-10(2,3)9(11(4,5)6)8-14(7,12)13/h9H,8H2,1-7H3/i9D. The van der Waals surface area contributed by atoms with E-state index in [9.17, 15) is 8.42 Å². The SMILES string of the molecule is [2H]C(CS(C)(=O)=O)(C(C)(C)C)C(C)(C)C. The van der Waals surface area contributed by atoms with E-state index in [0.717, 1.165) is 0 Å². The first-order valence-electron chi connectivity index (χ1n) is 5.38. The van der Waals surface area contributed by atoms with Crippen LogP contribution in [0.1, 0.15) is 42.9 Å². The molecule has 0 rings (SSSR count). The molecule has 0 aliphatic rings. The summed E-state index contributed by atoms with van der Waals surface area (Å²) in [6, 6.07) is 0. The van der Waals surface area contributed by atoms with Crippen LogP contribution < -0.4 is 0 Å². The molecule has 0 aromatic heterocycles. The summed E-state index contributed by atoms with van der Waals surface area (Å²) in [6.07, 6.45) is 1.20. The average molecular weight is 221 g/mol. The maximum Gasteiger partial charge on any atom is 0.147 e. The van der Waals surface area contributed by atoms with Gasteiger partial charge in [0, 0.05) is 7.63 Å². The van der Waals surface area contributed by atoms with Gasteiger partial charge in [-0.2, -0.15) is 0 Å². The topological polar surface area (TPSA) is 34.1 Å². The first-order valence-corrected chi connectivity index (χ1v) is 6.94. The highest BCUT2D eigenvalue weighted by atomic mass is 32.2. The highest BCUT2D eigenvalue weighted by Gasteiger charge is 2.36. The van der Waals surface area contributed by atoms with Crippen LogP contribution in [-0.2, 0) is 9.84 Å². The Bertz CT molecular complexity index is 303. The van der Waals surface area contributed by atoms with Crippen molar-refractivity contribution in [1.29, 1.82) is 0 Å². The largest absolute Gasteiger partial charge is 0.229 e. The van der Waals surface area contributed by atoms with E-state index < -0.39 is 15.7 Å². The normalized spacial score (nSPS) is 16.6. The van der Waals surface area contributed by atoms with Gasteiger partial charge in [-0.1, -0.05) is 41.5 Å². The Balaban J connectivity index is 5.45. The first-order chi connectivity index (χ1) is 6.21. The molecule has 0 saturated heterocycles. The molecule has 3 heteroatoms. The molecule has 0 aromatic carbocycles. The molecule has 0 atom stereocenters. The maximum atomic E-state index is 11.4. The summed E-state index contributed by atoms with van der Waals surface area (Å²) in [4.78, 5) is 0. The van der Waals surface area contributed by atoms with E-state index in [2.05, 4.69) is 0 Å². The molecule has 0 radical (unpaired) electrons. The third-order valence-electron chi connectivity index (χ3n) is 2.22. The Kier molecular flexibility index (Phi) is 3.30. The molecule has 86 valence electrons. The van der Waals surface area contributed by atoms with Gasteiger partial charge in [0.2, 0.25) is 0 Å². The third kappa shape index (κ3) is 4.99. The van der Waals surface area contributed by atoms with Crippen molar-refractivity contribution in [2.24, 2.45) is 16.7 Å². The fraction of sp³-hybridized carbons (Fsp3) is 1.00. The van der Waals surface area contributed by atoms with Crippen LogP contribution in [0.2, 0.25) is 0 Å². The molecule has 0 spiro atoms. The molecule has 2 nitrogen and oxygen atoms in total. The van der Waals surface area contributed by atoms with Crippen molar-refractivity contribution in [3.8, 4) is 0 Å². The van der Waals surface area contributed by atoms with Crippen molar-refractivity contribution in [2.75, 3.05) is 12.0 Å². The van der Waals surface area contributed by atoms with Gasteiger partial charge >= 0.3 is 0 Å². The fourth-order valence-corrected chi connectivity index (χ4v) is 3.21. The van der Waals surface area contributed by atoms with Gasteiger partial charge in [0.25, 0.3) is 0 Å². The highest BCUT2D eigenvalue weighted by Crippen LogP contribution is 2.40. The van der Waals surface area contributed by atoms with Gasteiger partial charge in [0.15, 0.2) is 0 Å². The lowest BCUT2D eigenvalue weighted by atomic mass is 9.68. The molecule has 0 amide bonds. The van der Waals surface area contributed by atoms with Gasteiger partial charge in [-0.05, 0) is 16.7 Å². The predicted molar refractivity (Wildman–Crippen MR) is 62.1 cm³/mol. The van der Waals surface area contributed by atoms with Gasteiger partial charge in [-0.3, -0.25) is 0 Å². The van der Waals surface area contributed by atoms with E-state index in [0.29, 0.717) is 0 Å². The van der Waals surface area contributed by atoms with Crippen molar-refractivity contribution in [1.82, 2.24) is 0 Å². The molecule has 0 aliphatic heterocycles. The van der Waals surface area contributed by atoms with Crippen molar-refractivity contribution in [2.45, 2.75) is 41.5 Å². The first kappa shape index (κ1) is 12.0. The summed E-state index contributed by atoms with van der Waals surface area (Å²) in [5, 5.41) is 0. The smallest absolute Gasteiger partial charge is 0.147 e. The van der Waals surface area contributed by atoms with Crippen LogP contribution in [0.3, 0.4) is 0 Å². The molecule has 0 N–H and O–H groups in total. The quantitative estimate of drug-likeness (QED) is 0.718. The second kappa shape index (κ2) is 3.84. The molecular formula is C11H24O2S. The van der Waals surface area contributed by atoms with Crippen LogP contribution in [0.15, 0.2) is 0 Å². The minimum atomic E-state index is -3.14. The van der Waals surface area contributed by atoms with Crippen LogP contribution in [0, 0.1) is 16.7 Å². The van der Waals surface area contributed by atoms with E-state index in [4.69, 9.17) is 1.37 Å². The molecule has 0 heterocycles. The summed E-state index contributed by atoms with van der Waals surface area (Å²) in [5.41, 5.74) is -0.733. The van der Waals surface area contributed by atoms with Gasteiger partial charge < -0.3 is 0 Å². The molecular weight excluding hydrogens is 196 g/mol. The maximum absolute atomic E-state index is 11.4. The average Bonchev–Trinajstić information content (AvgIpc) is 1.77. The second-order valence-corrected chi connectivity index (χ2v) is 8.19. The van der Waals surface area contributed by atoms with Crippen molar-refractivity contribution in [3.05, 3.63) is 0 Å². The fourth-order valence-electron chi connectivity index (χ4n) is 1.82. The van der Waals surface area contributed by atoms with Crippen LogP contribution in [0.4, 0.5) is 0 Å². The Morgan fingerprint density at radius 1 is 1.07 bits per heavy atom. The van der Waals surface area contributed by atoms with Crippen molar-refractivity contribution >= 4 is 9.84 Å². The monoisotopic (exact) mass is 221 g/mol. The van der Waals surface area contributed by atoms with Crippen molar-refractivity contribution < 1.29 is 9.79 Å². The lowest BCUT2D eigenvalue weighted by Crippen LogP contribution is -2.37. The lowest BCUT2D eigenvalue weighted by Gasteiger charge is -2.40. The molecule has 0 aliphatic carbocycles. The van der Waals surface area contributed by atoms with Gasteiger partial charge in [0.05, 0.1) is 5.75 Å². The van der Waals surface area contributed by atoms with Crippen molar-refractivity contribution in [3.63, 3.8) is 0 Å². The van der Waals surface area contributed by atoms with E-state index in [1.165, 1.54) is 6.26 Å². The summed E-state index contributed by atoms with van der Waals surface area (Å²) in [5.74, 6) is -1.07. The van der Waals surface area contributed by atoms with E-state index >= 15 is 0 Å². The summed E-state index contributed by atoms with van der Waals surface area (Å²) in [7, 11) is -3.14. The summed E-state index contributed by atoms with van der Waals surface area (Å²) in [6.45, 7) is 11.6. The van der Waals surface area contributed by atoms with Gasteiger partial charge in [-0.25, -0.2) is 8.42 Å². The molecule has 0 unspecified atom stereocenters. The molecule has 0 fully saturated rings. The van der Waals surface area contributed by atoms with E-state index in [1.807, 2.05) is 41.5 Å². The molecule has 0 aromatic rings. The number of sulfone groups is 1. The minimum Gasteiger partial charge on any atom is -0.229 e. The minimum absolute atomic E-state index is 0.0903. The highest BCUT2D eigenvalue weighted by molar-refractivity contribution is 7.90. The Morgan fingerprint density at radius 2 is 1.36 bits per heavy atom. The molecule has 0 bridgehead atoms. The zero-order valence-corrected chi connectivity index (χ0v) is 11.2. The van der Waals surface area contributed by atoms with Crippen LogP contribution in [0.5, 0.6) is 0 Å². The van der Waals surface area contributed by atoms with Gasteiger partial charge in [0.1, 0.15) is 9.84 Å². The third-order valence-corrected chi connectivity index (χ3v) is 3.03. The zero-order valence-electron chi connectivity index (χ0n) is 11.4. The Hall–Kier alpha value is -0.0500. The van der Waals surface area contributed by atoms with E-state index in [1.54, 1.807) is 0 Å². The Morgan fingerprint density at radius 3 is 1.43 bits per heavy atom. The van der Waals surface area contributed by atoms with Crippen LogP contribution in [0.25, 0.3) is 0 Å².